The van der Waals surface area contributed by atoms with Gasteiger partial charge in [0, 0.05) is 11.1 Å². The second-order valence-electron chi connectivity index (χ2n) is 7.54. The molecule has 2 aromatic carbocycles. The molecule has 3 aromatic rings. The van der Waals surface area contributed by atoms with E-state index < -0.39 is 5.97 Å². The average Bonchev–Trinajstić information content (AvgIpc) is 3.44. The van der Waals surface area contributed by atoms with Crippen LogP contribution in [0.5, 0.6) is 5.75 Å². The van der Waals surface area contributed by atoms with Gasteiger partial charge in [-0.2, -0.15) is 8.75 Å². The Morgan fingerprint density at radius 3 is 2.37 bits per heavy atom. The van der Waals surface area contributed by atoms with Gasteiger partial charge in [-0.15, -0.1) is 0 Å². The number of allylic oxidation sites excluding steroid dienone is 1. The lowest BCUT2D eigenvalue weighted by Crippen LogP contribution is -2.14. The maximum Gasteiger partial charge on any atom is 0.336 e. The first-order chi connectivity index (χ1) is 14.6. The summed E-state index contributed by atoms with van der Waals surface area (Å²) in [6.45, 7) is 0. The number of carbonyl (C=O) groups is 2. The molecule has 1 aromatic heterocycles. The van der Waals surface area contributed by atoms with Gasteiger partial charge in [0.15, 0.2) is 5.78 Å². The summed E-state index contributed by atoms with van der Waals surface area (Å²) in [5, 5.41) is 10.1. The van der Waals surface area contributed by atoms with Crippen LogP contribution in [0.4, 0.5) is 0 Å². The number of ether oxygens (including phenoxy) is 1. The van der Waals surface area contributed by atoms with Gasteiger partial charge < -0.3 is 9.84 Å². The third kappa shape index (κ3) is 4.11. The van der Waals surface area contributed by atoms with E-state index in [1.165, 1.54) is 0 Å². The van der Waals surface area contributed by atoms with Gasteiger partial charge in [-0.3, -0.25) is 4.79 Å². The highest BCUT2D eigenvalue weighted by Gasteiger charge is 2.27. The van der Waals surface area contributed by atoms with E-state index in [1.54, 1.807) is 49.6 Å². The average molecular weight is 423 g/mol. The molecule has 0 amide bonds. The van der Waals surface area contributed by atoms with Crippen molar-refractivity contribution in [2.24, 2.45) is 5.92 Å². The number of Topliss-reactive ketones (excluding diaryl/α,β-unsaturated/α-hetero) is 1. The Balaban J connectivity index is 1.83. The molecule has 0 aliphatic heterocycles. The molecule has 30 heavy (non-hydrogen) atoms. The van der Waals surface area contributed by atoms with Crippen molar-refractivity contribution in [1.82, 2.24) is 8.75 Å². The first kappa shape index (κ1) is 20.2. The number of ketones is 1. The van der Waals surface area contributed by atoms with Gasteiger partial charge >= 0.3 is 5.97 Å². The van der Waals surface area contributed by atoms with Crippen molar-refractivity contribution in [3.63, 3.8) is 0 Å². The van der Waals surface area contributed by atoms with Gasteiger partial charge in [0.05, 0.1) is 24.4 Å². The fraction of sp³-hybridized carbons (Fsp3) is 0.304. The number of hydrogen-bond donors (Lipinski definition) is 1. The minimum atomic E-state index is -1.10. The Morgan fingerprint density at radius 2 is 1.70 bits per heavy atom. The Morgan fingerprint density at radius 1 is 1.03 bits per heavy atom. The lowest BCUT2D eigenvalue weighted by molar-refractivity contribution is -0.130. The Labute approximate surface area is 178 Å². The molecule has 0 unspecified atom stereocenters. The molecular weight excluding hydrogens is 400 g/mol. The van der Waals surface area contributed by atoms with Gasteiger partial charge in [-0.1, -0.05) is 31.7 Å². The van der Waals surface area contributed by atoms with Crippen LogP contribution in [-0.4, -0.2) is 32.7 Å². The molecule has 1 saturated carbocycles. The third-order valence-electron chi connectivity index (χ3n) is 5.65. The van der Waals surface area contributed by atoms with Gasteiger partial charge in [0.1, 0.15) is 16.8 Å². The van der Waals surface area contributed by atoms with Crippen LogP contribution in [0.2, 0.25) is 0 Å². The van der Waals surface area contributed by atoms with Gasteiger partial charge in [-0.25, -0.2) is 4.79 Å². The minimum Gasteiger partial charge on any atom is -0.497 e. The van der Waals surface area contributed by atoms with E-state index in [1.807, 2.05) is 0 Å². The summed E-state index contributed by atoms with van der Waals surface area (Å²) in [6, 6.07) is 12.0. The van der Waals surface area contributed by atoms with E-state index in [9.17, 15) is 14.7 Å². The number of carboxylic acids is 1. The molecule has 0 saturated heterocycles. The number of carboxylic acid groups (broad SMARTS) is 1. The maximum atomic E-state index is 13.5. The molecule has 7 heteroatoms. The lowest BCUT2D eigenvalue weighted by Gasteiger charge is -2.16. The van der Waals surface area contributed by atoms with Crippen molar-refractivity contribution >= 4 is 40.1 Å². The molecule has 1 N–H and O–H groups in total. The fourth-order valence-electron chi connectivity index (χ4n) is 4.09. The van der Waals surface area contributed by atoms with Gasteiger partial charge in [0.2, 0.25) is 0 Å². The Bertz CT molecular complexity index is 1110. The predicted octanol–water partition coefficient (Wildman–Crippen LogP) is 5.00. The summed E-state index contributed by atoms with van der Waals surface area (Å²) in [7, 11) is 1.56. The largest absolute Gasteiger partial charge is 0.497 e. The van der Waals surface area contributed by atoms with Crippen LogP contribution in [0.1, 0.15) is 48.0 Å². The highest BCUT2D eigenvalue weighted by Crippen LogP contribution is 2.35. The number of nitrogens with zero attached hydrogens (tertiary/aromatic N) is 2. The molecule has 4 rings (SSSR count). The summed E-state index contributed by atoms with van der Waals surface area (Å²) in [6.07, 6.45) is 4.73. The number of aromatic nitrogens is 2. The molecule has 1 aliphatic carbocycles. The van der Waals surface area contributed by atoms with Crippen LogP contribution in [0.25, 0.3) is 16.6 Å². The third-order valence-corrected chi connectivity index (χ3v) is 6.21. The molecular formula is C23H22N2O4S. The number of fused-ring (bicyclic) bond motifs is 1. The molecule has 154 valence electrons. The molecule has 1 fully saturated rings. The van der Waals surface area contributed by atoms with Crippen LogP contribution in [0, 0.1) is 5.92 Å². The SMILES string of the molecule is COc1ccc(C(=O)C(CC2CCCC2)=C(C(=O)O)c2ccc3nsnc3c2)cc1. The van der Waals surface area contributed by atoms with Crippen molar-refractivity contribution in [1.29, 1.82) is 0 Å². The molecule has 6 nitrogen and oxygen atoms in total. The standard InChI is InChI=1S/C23H22N2O4S/c1-29-17-9-6-15(7-10-17)22(26)18(12-14-4-2-3-5-14)21(23(27)28)16-8-11-19-20(13-16)25-30-24-19/h6-11,13-14H,2-5,12H2,1H3,(H,27,28). The second kappa shape index (κ2) is 8.75. The highest BCUT2D eigenvalue weighted by atomic mass is 32.1. The minimum absolute atomic E-state index is 0.0534. The van der Waals surface area contributed by atoms with Crippen LogP contribution >= 0.6 is 11.7 Å². The van der Waals surface area contributed by atoms with Crippen molar-refractivity contribution in [3.8, 4) is 5.75 Å². The van der Waals surface area contributed by atoms with Crippen LogP contribution in [-0.2, 0) is 4.79 Å². The summed E-state index contributed by atoms with van der Waals surface area (Å²) >= 11 is 1.08. The number of methoxy groups -OCH3 is 1. The predicted molar refractivity (Wildman–Crippen MR) is 116 cm³/mol. The molecule has 0 radical (unpaired) electrons. The molecule has 1 heterocycles. The summed E-state index contributed by atoms with van der Waals surface area (Å²) < 4.78 is 13.6. The number of hydrogen-bond acceptors (Lipinski definition) is 6. The summed E-state index contributed by atoms with van der Waals surface area (Å²) in [4.78, 5) is 25.8. The fourth-order valence-corrected chi connectivity index (χ4v) is 4.61. The number of rotatable bonds is 7. The summed E-state index contributed by atoms with van der Waals surface area (Å²) in [5.41, 5.74) is 2.69. The lowest BCUT2D eigenvalue weighted by atomic mass is 9.86. The van der Waals surface area contributed by atoms with Crippen molar-refractivity contribution in [3.05, 3.63) is 59.2 Å². The van der Waals surface area contributed by atoms with Crippen LogP contribution < -0.4 is 4.74 Å². The Kier molecular flexibility index (Phi) is 5.90. The Hall–Kier alpha value is -3.06. The van der Waals surface area contributed by atoms with Crippen LogP contribution in [0.3, 0.4) is 0 Å². The first-order valence-electron chi connectivity index (χ1n) is 9.94. The van der Waals surface area contributed by atoms with E-state index in [2.05, 4.69) is 8.75 Å². The topological polar surface area (TPSA) is 89.4 Å². The molecule has 0 bridgehead atoms. The zero-order chi connectivity index (χ0) is 21.1. The number of carbonyl (C=O) groups excluding carboxylic acids is 1. The van der Waals surface area contributed by atoms with Gasteiger partial charge in [-0.05, 0) is 54.3 Å². The van der Waals surface area contributed by atoms with Crippen molar-refractivity contribution < 1.29 is 19.4 Å². The first-order valence-corrected chi connectivity index (χ1v) is 10.7. The zero-order valence-electron chi connectivity index (χ0n) is 16.6. The molecule has 0 atom stereocenters. The van der Waals surface area contributed by atoms with E-state index in [-0.39, 0.29) is 11.4 Å². The number of aliphatic carboxylic acids is 1. The van der Waals surface area contributed by atoms with Crippen molar-refractivity contribution in [2.75, 3.05) is 7.11 Å². The second-order valence-corrected chi connectivity index (χ2v) is 8.07. The maximum absolute atomic E-state index is 13.5. The van der Waals surface area contributed by atoms with E-state index in [0.29, 0.717) is 45.8 Å². The smallest absolute Gasteiger partial charge is 0.336 e. The quantitative estimate of drug-likeness (QED) is 0.426. The van der Waals surface area contributed by atoms with Gasteiger partial charge in [0.25, 0.3) is 0 Å². The monoisotopic (exact) mass is 422 g/mol. The van der Waals surface area contributed by atoms with E-state index in [0.717, 1.165) is 37.4 Å². The molecule has 0 spiro atoms. The zero-order valence-corrected chi connectivity index (χ0v) is 17.4. The summed E-state index contributed by atoms with van der Waals surface area (Å²) in [5.74, 6) is -0.389. The van der Waals surface area contributed by atoms with E-state index in [4.69, 9.17) is 4.74 Å². The van der Waals surface area contributed by atoms with Crippen molar-refractivity contribution in [2.45, 2.75) is 32.1 Å². The number of benzene rings is 2. The molecule has 1 aliphatic rings. The van der Waals surface area contributed by atoms with Crippen LogP contribution in [0.15, 0.2) is 48.0 Å². The highest BCUT2D eigenvalue weighted by molar-refractivity contribution is 7.00. The normalized spacial score (nSPS) is 15.2. The van der Waals surface area contributed by atoms with E-state index >= 15 is 0 Å².